The van der Waals surface area contributed by atoms with Gasteiger partial charge in [0.15, 0.2) is 0 Å². The second kappa shape index (κ2) is 6.24. The van der Waals surface area contributed by atoms with Crippen LogP contribution in [0, 0.1) is 11.8 Å². The van der Waals surface area contributed by atoms with E-state index in [1.54, 1.807) is 0 Å². The topological polar surface area (TPSA) is 20.3 Å². The summed E-state index contributed by atoms with van der Waals surface area (Å²) >= 11 is 1.96. The van der Waals surface area contributed by atoms with Crippen molar-refractivity contribution in [2.75, 3.05) is 25.1 Å². The summed E-state index contributed by atoms with van der Waals surface area (Å²) < 4.78 is 0. The number of hydrogen-bond acceptors (Lipinski definition) is 3. The van der Waals surface area contributed by atoms with Gasteiger partial charge in [-0.15, -0.1) is 0 Å². The predicted octanol–water partition coefficient (Wildman–Crippen LogP) is 2.82. The Morgan fingerprint density at radius 2 is 2.29 bits per heavy atom. The van der Waals surface area contributed by atoms with Gasteiger partial charge in [0.05, 0.1) is 0 Å². The van der Waals surface area contributed by atoms with Crippen molar-refractivity contribution in [3.05, 3.63) is 0 Å². The van der Waals surface area contributed by atoms with E-state index in [4.69, 9.17) is 0 Å². The van der Waals surface area contributed by atoms with Gasteiger partial charge >= 0.3 is 0 Å². The molecule has 0 spiro atoms. The van der Waals surface area contributed by atoms with Crippen LogP contribution >= 0.6 is 11.8 Å². The number of fused-ring (bicyclic) bond motifs is 1. The number of carbonyl (C=O) groups excluding carboxylic acids is 1. The summed E-state index contributed by atoms with van der Waals surface area (Å²) in [5.74, 6) is 3.24. The van der Waals surface area contributed by atoms with Crippen molar-refractivity contribution in [1.82, 2.24) is 4.90 Å². The van der Waals surface area contributed by atoms with Gasteiger partial charge in [-0.2, -0.15) is 11.8 Å². The zero-order chi connectivity index (χ0) is 12.3. The molecule has 1 aliphatic heterocycles. The van der Waals surface area contributed by atoms with Crippen molar-refractivity contribution in [2.24, 2.45) is 11.8 Å². The first-order valence-corrected chi connectivity index (χ1v) is 8.38. The monoisotopic (exact) mass is 255 g/mol. The molecule has 0 bridgehead atoms. The highest BCUT2D eigenvalue weighted by Crippen LogP contribution is 2.37. The van der Waals surface area contributed by atoms with Crippen LogP contribution in [-0.4, -0.2) is 41.8 Å². The molecule has 2 fully saturated rings. The summed E-state index contributed by atoms with van der Waals surface area (Å²) in [6, 6.07) is 0.714. The molecular weight excluding hydrogens is 230 g/mol. The maximum atomic E-state index is 11.6. The SMILES string of the molecule is CCCN1C[C@@H](CSC)C[C@H]2CC(=O)CC[C@@H]21. The summed E-state index contributed by atoms with van der Waals surface area (Å²) in [6.45, 7) is 4.76. The maximum Gasteiger partial charge on any atom is 0.133 e. The molecule has 0 radical (unpaired) electrons. The van der Waals surface area contributed by atoms with Gasteiger partial charge in [0.2, 0.25) is 0 Å². The van der Waals surface area contributed by atoms with Crippen LogP contribution < -0.4 is 0 Å². The summed E-state index contributed by atoms with van der Waals surface area (Å²) in [5, 5.41) is 0. The van der Waals surface area contributed by atoms with Gasteiger partial charge in [0.25, 0.3) is 0 Å². The van der Waals surface area contributed by atoms with Gasteiger partial charge in [-0.3, -0.25) is 9.69 Å². The van der Waals surface area contributed by atoms with Crippen LogP contribution in [0.15, 0.2) is 0 Å². The smallest absolute Gasteiger partial charge is 0.133 e. The van der Waals surface area contributed by atoms with E-state index in [1.165, 1.54) is 31.7 Å². The third-order valence-corrected chi connectivity index (χ3v) is 5.07. The molecule has 1 saturated carbocycles. The highest BCUT2D eigenvalue weighted by atomic mass is 32.2. The maximum absolute atomic E-state index is 11.6. The molecule has 3 heteroatoms. The number of thioether (sulfide) groups is 1. The number of likely N-dealkylation sites (tertiary alicyclic amines) is 1. The van der Waals surface area contributed by atoms with Crippen LogP contribution in [0.25, 0.3) is 0 Å². The molecule has 2 nitrogen and oxygen atoms in total. The highest BCUT2D eigenvalue weighted by Gasteiger charge is 2.38. The number of carbonyl (C=O) groups is 1. The fourth-order valence-corrected chi connectivity index (χ4v) is 4.38. The van der Waals surface area contributed by atoms with E-state index in [9.17, 15) is 4.79 Å². The molecule has 3 atom stereocenters. The van der Waals surface area contributed by atoms with Gasteiger partial charge in [-0.1, -0.05) is 6.92 Å². The molecule has 1 heterocycles. The number of hydrogen-bond donors (Lipinski definition) is 0. The normalized spacial score (nSPS) is 34.7. The largest absolute Gasteiger partial charge is 0.300 e. The zero-order valence-electron chi connectivity index (χ0n) is 11.2. The van der Waals surface area contributed by atoms with E-state index < -0.39 is 0 Å². The number of Topliss-reactive ketones (excluding diaryl/α,β-unsaturated/α-hetero) is 1. The van der Waals surface area contributed by atoms with Crippen LogP contribution in [0.5, 0.6) is 0 Å². The number of nitrogens with zero attached hydrogens (tertiary/aromatic N) is 1. The molecule has 0 unspecified atom stereocenters. The Morgan fingerprint density at radius 1 is 1.47 bits per heavy atom. The van der Waals surface area contributed by atoms with Crippen molar-refractivity contribution in [1.29, 1.82) is 0 Å². The summed E-state index contributed by atoms with van der Waals surface area (Å²) in [6.07, 6.45) is 7.53. The van der Waals surface area contributed by atoms with Gasteiger partial charge in [-0.05, 0) is 49.7 Å². The molecule has 0 aromatic heterocycles. The van der Waals surface area contributed by atoms with Crippen LogP contribution in [0.3, 0.4) is 0 Å². The minimum Gasteiger partial charge on any atom is -0.300 e. The molecule has 0 aromatic rings. The second-order valence-electron chi connectivity index (χ2n) is 5.66. The van der Waals surface area contributed by atoms with E-state index in [2.05, 4.69) is 18.1 Å². The Balaban J connectivity index is 2.02. The Kier molecular flexibility index (Phi) is 4.92. The molecule has 1 saturated heterocycles. The lowest BCUT2D eigenvalue weighted by Crippen LogP contribution is -2.51. The molecular formula is C14H25NOS. The van der Waals surface area contributed by atoms with E-state index in [0.717, 1.165) is 25.2 Å². The van der Waals surface area contributed by atoms with E-state index in [1.807, 2.05) is 11.8 Å². The predicted molar refractivity (Wildman–Crippen MR) is 74.5 cm³/mol. The average Bonchev–Trinajstić information content (AvgIpc) is 2.29. The first kappa shape index (κ1) is 13.4. The average molecular weight is 255 g/mol. The van der Waals surface area contributed by atoms with Crippen molar-refractivity contribution in [3.63, 3.8) is 0 Å². The van der Waals surface area contributed by atoms with Crippen molar-refractivity contribution < 1.29 is 4.79 Å². The minimum atomic E-state index is 0.507. The van der Waals surface area contributed by atoms with Crippen molar-refractivity contribution in [2.45, 2.75) is 45.1 Å². The molecule has 2 aliphatic rings. The lowest BCUT2D eigenvalue weighted by Gasteiger charge is -2.46. The molecule has 0 N–H and O–H groups in total. The molecule has 2 rings (SSSR count). The Bertz CT molecular complexity index is 269. The standard InChI is InChI=1S/C14H25NOS/c1-3-6-15-9-11(10-17-2)7-12-8-13(16)4-5-14(12)15/h11-12,14H,3-10H2,1-2H3/t11-,12-,14-/m0/s1. The zero-order valence-corrected chi connectivity index (χ0v) is 12.0. The van der Waals surface area contributed by atoms with E-state index >= 15 is 0 Å². The van der Waals surface area contributed by atoms with Crippen molar-refractivity contribution >= 4 is 17.5 Å². The molecule has 1 aliphatic carbocycles. The van der Waals surface area contributed by atoms with Crippen LogP contribution in [0.2, 0.25) is 0 Å². The Morgan fingerprint density at radius 3 is 3.00 bits per heavy atom. The number of piperidine rings is 1. The second-order valence-corrected chi connectivity index (χ2v) is 6.57. The van der Waals surface area contributed by atoms with Gasteiger partial charge in [0, 0.05) is 25.4 Å². The highest BCUT2D eigenvalue weighted by molar-refractivity contribution is 7.98. The van der Waals surface area contributed by atoms with Gasteiger partial charge in [-0.25, -0.2) is 0 Å². The molecule has 17 heavy (non-hydrogen) atoms. The van der Waals surface area contributed by atoms with Gasteiger partial charge in [0.1, 0.15) is 5.78 Å². The summed E-state index contributed by atoms with van der Waals surface area (Å²) in [5.41, 5.74) is 0. The number of ketones is 1. The summed E-state index contributed by atoms with van der Waals surface area (Å²) in [4.78, 5) is 14.3. The number of rotatable bonds is 4. The van der Waals surface area contributed by atoms with Gasteiger partial charge < -0.3 is 0 Å². The fourth-order valence-electron chi connectivity index (χ4n) is 3.67. The third-order valence-electron chi connectivity index (χ3n) is 4.26. The van der Waals surface area contributed by atoms with Crippen LogP contribution in [-0.2, 0) is 4.79 Å². The summed E-state index contributed by atoms with van der Waals surface area (Å²) in [7, 11) is 0. The molecule has 0 aromatic carbocycles. The quantitative estimate of drug-likeness (QED) is 0.770. The first-order valence-electron chi connectivity index (χ1n) is 6.99. The first-order chi connectivity index (χ1) is 8.24. The van der Waals surface area contributed by atoms with Crippen molar-refractivity contribution in [3.8, 4) is 0 Å². The van der Waals surface area contributed by atoms with Crippen LogP contribution in [0.4, 0.5) is 0 Å². The van der Waals surface area contributed by atoms with E-state index in [0.29, 0.717) is 17.7 Å². The van der Waals surface area contributed by atoms with Crippen LogP contribution in [0.1, 0.15) is 39.0 Å². The Labute approximate surface area is 110 Å². The third kappa shape index (κ3) is 3.25. The molecule has 98 valence electrons. The minimum absolute atomic E-state index is 0.507. The Hall–Kier alpha value is -0.0200. The van der Waals surface area contributed by atoms with E-state index in [-0.39, 0.29) is 0 Å². The lowest BCUT2D eigenvalue weighted by atomic mass is 9.75. The molecule has 0 amide bonds. The lowest BCUT2D eigenvalue weighted by molar-refractivity contribution is -0.124. The fraction of sp³-hybridized carbons (Fsp3) is 0.929.